The van der Waals surface area contributed by atoms with Crippen LogP contribution in [0.2, 0.25) is 0 Å². The molecule has 0 heterocycles. The lowest BCUT2D eigenvalue weighted by Gasteiger charge is -2.07. The van der Waals surface area contributed by atoms with Crippen molar-refractivity contribution in [2.45, 2.75) is 206 Å². The second-order valence-electron chi connectivity index (χ2n) is 12.7. The summed E-state index contributed by atoms with van der Waals surface area (Å²) >= 11 is 0. The SMILES string of the molecule is CCCCCCCCCCCCCCCCCC(=O)OCCOCCOCCCCCCCCCCCCCCCC. The molecule has 0 aromatic carbocycles. The van der Waals surface area contributed by atoms with Gasteiger partial charge in [-0.1, -0.05) is 187 Å². The molecule has 0 aromatic rings. The van der Waals surface area contributed by atoms with Crippen LogP contribution >= 0.6 is 0 Å². The highest BCUT2D eigenvalue weighted by Crippen LogP contribution is 2.15. The highest BCUT2D eigenvalue weighted by molar-refractivity contribution is 5.69. The average Bonchev–Trinajstić information content (AvgIpc) is 3.00. The maximum absolute atomic E-state index is 11.9. The van der Waals surface area contributed by atoms with Gasteiger partial charge in [0.2, 0.25) is 0 Å². The van der Waals surface area contributed by atoms with Crippen molar-refractivity contribution < 1.29 is 19.0 Å². The monoisotopic (exact) mass is 597 g/mol. The van der Waals surface area contributed by atoms with Gasteiger partial charge in [-0.3, -0.25) is 4.79 Å². The molecule has 4 heteroatoms. The summed E-state index contributed by atoms with van der Waals surface area (Å²) < 4.78 is 16.5. The van der Waals surface area contributed by atoms with E-state index in [9.17, 15) is 4.79 Å². The first-order valence-corrected chi connectivity index (χ1v) is 19.1. The topological polar surface area (TPSA) is 44.8 Å². The van der Waals surface area contributed by atoms with Crippen LogP contribution in [0.1, 0.15) is 206 Å². The van der Waals surface area contributed by atoms with Gasteiger partial charge in [-0.25, -0.2) is 0 Å². The van der Waals surface area contributed by atoms with Gasteiger partial charge >= 0.3 is 5.97 Å². The van der Waals surface area contributed by atoms with Crippen LogP contribution in [0.15, 0.2) is 0 Å². The molecule has 0 aliphatic rings. The van der Waals surface area contributed by atoms with E-state index in [0.717, 1.165) is 25.9 Å². The molecule has 0 amide bonds. The van der Waals surface area contributed by atoms with Gasteiger partial charge in [-0.15, -0.1) is 0 Å². The summed E-state index contributed by atoms with van der Waals surface area (Å²) in [6.07, 6.45) is 39.9. The third kappa shape index (κ3) is 37.4. The van der Waals surface area contributed by atoms with Crippen molar-refractivity contribution >= 4 is 5.97 Å². The molecule has 0 aliphatic carbocycles. The van der Waals surface area contributed by atoms with Crippen molar-refractivity contribution in [3.05, 3.63) is 0 Å². The number of carbonyl (C=O) groups excluding carboxylic acids is 1. The first kappa shape index (κ1) is 41.4. The fraction of sp³-hybridized carbons (Fsp3) is 0.974. The number of rotatable bonds is 37. The van der Waals surface area contributed by atoms with E-state index in [2.05, 4.69) is 13.8 Å². The van der Waals surface area contributed by atoms with Gasteiger partial charge < -0.3 is 14.2 Å². The minimum Gasteiger partial charge on any atom is -0.463 e. The zero-order chi connectivity index (χ0) is 30.4. The summed E-state index contributed by atoms with van der Waals surface area (Å²) in [6.45, 7) is 7.43. The maximum Gasteiger partial charge on any atom is 0.305 e. The van der Waals surface area contributed by atoms with E-state index in [1.54, 1.807) is 0 Å². The molecule has 0 fully saturated rings. The van der Waals surface area contributed by atoms with Gasteiger partial charge in [0.1, 0.15) is 6.61 Å². The fourth-order valence-electron chi connectivity index (χ4n) is 5.65. The maximum atomic E-state index is 11.9. The van der Waals surface area contributed by atoms with Crippen LogP contribution < -0.4 is 0 Å². The molecule has 0 bridgehead atoms. The van der Waals surface area contributed by atoms with Crippen molar-refractivity contribution in [2.24, 2.45) is 0 Å². The van der Waals surface area contributed by atoms with Crippen molar-refractivity contribution in [1.82, 2.24) is 0 Å². The largest absolute Gasteiger partial charge is 0.463 e. The molecule has 0 radical (unpaired) electrons. The van der Waals surface area contributed by atoms with E-state index in [-0.39, 0.29) is 5.97 Å². The third-order valence-corrected chi connectivity index (χ3v) is 8.49. The van der Waals surface area contributed by atoms with Gasteiger partial charge in [0.25, 0.3) is 0 Å². The van der Waals surface area contributed by atoms with Gasteiger partial charge in [0.15, 0.2) is 0 Å². The molecule has 0 aromatic heterocycles. The predicted molar refractivity (Wildman–Crippen MR) is 182 cm³/mol. The Balaban J connectivity index is 3.13. The van der Waals surface area contributed by atoms with Crippen LogP contribution in [0.3, 0.4) is 0 Å². The number of hydrogen-bond donors (Lipinski definition) is 0. The standard InChI is InChI=1S/C38H76O4/c1-3-5-7-9-11-13-15-17-19-20-22-24-26-28-30-32-38(39)42-37-36-41-35-34-40-33-31-29-27-25-23-21-18-16-14-12-10-8-6-4-2/h3-37H2,1-2H3. The van der Waals surface area contributed by atoms with E-state index in [4.69, 9.17) is 14.2 Å². The second-order valence-corrected chi connectivity index (χ2v) is 12.7. The first-order valence-electron chi connectivity index (χ1n) is 19.1. The molecule has 0 atom stereocenters. The molecule has 0 spiro atoms. The minimum absolute atomic E-state index is 0.0812. The summed E-state index contributed by atoms with van der Waals surface area (Å²) in [5, 5.41) is 0. The lowest BCUT2D eigenvalue weighted by molar-refractivity contribution is -0.145. The molecule has 42 heavy (non-hydrogen) atoms. The number of carbonyl (C=O) groups is 1. The molecule has 0 N–H and O–H groups in total. The van der Waals surface area contributed by atoms with Crippen molar-refractivity contribution in [2.75, 3.05) is 33.0 Å². The highest BCUT2D eigenvalue weighted by Gasteiger charge is 2.03. The van der Waals surface area contributed by atoms with Gasteiger partial charge in [0, 0.05) is 13.0 Å². The lowest BCUT2D eigenvalue weighted by Crippen LogP contribution is -2.13. The Bertz CT molecular complexity index is 495. The van der Waals surface area contributed by atoms with E-state index in [1.165, 1.54) is 167 Å². The molecule has 4 nitrogen and oxygen atoms in total. The summed E-state index contributed by atoms with van der Waals surface area (Å²) in [5.74, 6) is -0.0812. The van der Waals surface area contributed by atoms with Crippen LogP contribution in [0, 0.1) is 0 Å². The number of ether oxygens (including phenoxy) is 3. The molecule has 0 saturated heterocycles. The molecule has 0 unspecified atom stereocenters. The Morgan fingerprint density at radius 3 is 1.00 bits per heavy atom. The van der Waals surface area contributed by atoms with Crippen molar-refractivity contribution in [1.29, 1.82) is 0 Å². The summed E-state index contributed by atoms with van der Waals surface area (Å²) in [5.41, 5.74) is 0. The normalized spacial score (nSPS) is 11.4. The van der Waals surface area contributed by atoms with E-state index >= 15 is 0 Å². The molecule has 0 aliphatic heterocycles. The van der Waals surface area contributed by atoms with Crippen LogP contribution in [0.4, 0.5) is 0 Å². The van der Waals surface area contributed by atoms with E-state index < -0.39 is 0 Å². The number of esters is 1. The zero-order valence-corrected chi connectivity index (χ0v) is 28.9. The Morgan fingerprint density at radius 1 is 0.333 bits per heavy atom. The molecular weight excluding hydrogens is 520 g/mol. The smallest absolute Gasteiger partial charge is 0.305 e. The summed E-state index contributed by atoms with van der Waals surface area (Å²) in [7, 11) is 0. The van der Waals surface area contributed by atoms with Crippen LogP contribution in [-0.2, 0) is 19.0 Å². The van der Waals surface area contributed by atoms with Crippen molar-refractivity contribution in [3.63, 3.8) is 0 Å². The van der Waals surface area contributed by atoms with E-state index in [0.29, 0.717) is 32.8 Å². The van der Waals surface area contributed by atoms with Gasteiger partial charge in [0.05, 0.1) is 19.8 Å². The van der Waals surface area contributed by atoms with Gasteiger partial charge in [-0.2, -0.15) is 0 Å². The highest BCUT2D eigenvalue weighted by atomic mass is 16.6. The molecule has 0 rings (SSSR count). The first-order chi connectivity index (χ1) is 20.8. The summed E-state index contributed by atoms with van der Waals surface area (Å²) in [6, 6.07) is 0. The lowest BCUT2D eigenvalue weighted by atomic mass is 10.0. The molecule has 252 valence electrons. The van der Waals surface area contributed by atoms with E-state index in [1.807, 2.05) is 0 Å². The molecular formula is C38H76O4. The van der Waals surface area contributed by atoms with Crippen LogP contribution in [0.5, 0.6) is 0 Å². The average molecular weight is 597 g/mol. The Kier molecular flexibility index (Phi) is 37.9. The number of hydrogen-bond acceptors (Lipinski definition) is 4. The third-order valence-electron chi connectivity index (χ3n) is 8.49. The van der Waals surface area contributed by atoms with Crippen molar-refractivity contribution in [3.8, 4) is 0 Å². The zero-order valence-electron chi connectivity index (χ0n) is 28.9. The second kappa shape index (κ2) is 38.4. The van der Waals surface area contributed by atoms with Gasteiger partial charge in [-0.05, 0) is 12.8 Å². The predicted octanol–water partition coefficient (Wildman–Crippen LogP) is 12.3. The number of unbranched alkanes of at least 4 members (excludes halogenated alkanes) is 27. The Morgan fingerprint density at radius 2 is 0.619 bits per heavy atom. The summed E-state index contributed by atoms with van der Waals surface area (Å²) in [4.78, 5) is 11.9. The Labute approximate surface area is 264 Å². The van der Waals surface area contributed by atoms with Crippen LogP contribution in [-0.4, -0.2) is 39.0 Å². The molecule has 0 saturated carbocycles. The van der Waals surface area contributed by atoms with Crippen LogP contribution in [0.25, 0.3) is 0 Å². The quantitative estimate of drug-likeness (QED) is 0.0528. The minimum atomic E-state index is -0.0812. The Hall–Kier alpha value is -0.610. The fourth-order valence-corrected chi connectivity index (χ4v) is 5.65.